The van der Waals surface area contributed by atoms with E-state index in [0.717, 1.165) is 12.8 Å². The molecular weight excluding hydrogens is 260 g/mol. The first-order chi connectivity index (χ1) is 9.78. The Morgan fingerprint density at radius 2 is 2.10 bits per heavy atom. The van der Waals surface area contributed by atoms with Crippen molar-refractivity contribution >= 4 is 5.95 Å². The van der Waals surface area contributed by atoms with Gasteiger partial charge in [-0.15, -0.1) is 5.10 Å². The fourth-order valence-electron chi connectivity index (χ4n) is 2.76. The topological polar surface area (TPSA) is 116 Å². The lowest BCUT2D eigenvalue weighted by Gasteiger charge is -2.26. The highest BCUT2D eigenvalue weighted by Gasteiger charge is 2.29. The molecule has 2 heterocycles. The fraction of sp³-hybridized carbons (Fsp3) is 0.667. The number of rotatable bonds is 4. The first-order valence-electron chi connectivity index (χ1n) is 6.82. The number of ether oxygens (including phenoxy) is 1. The number of hydrogen-bond acceptors (Lipinski definition) is 7. The van der Waals surface area contributed by atoms with Gasteiger partial charge in [-0.3, -0.25) is 5.10 Å². The van der Waals surface area contributed by atoms with Gasteiger partial charge in [0.25, 0.3) is 5.89 Å². The van der Waals surface area contributed by atoms with Crippen molar-refractivity contribution in [3.05, 3.63) is 5.82 Å². The molecule has 0 radical (unpaired) electrons. The van der Waals surface area contributed by atoms with Crippen LogP contribution in [0.2, 0.25) is 0 Å². The molecule has 3 rings (SSSR count). The Morgan fingerprint density at radius 1 is 1.30 bits per heavy atom. The lowest BCUT2D eigenvalue weighted by atomic mass is 9.85. The molecule has 0 saturated heterocycles. The number of nitrogens with two attached hydrogens (primary N) is 1. The number of hydrogen-bond donors (Lipinski definition) is 2. The van der Waals surface area contributed by atoms with E-state index in [-0.39, 0.29) is 17.9 Å². The summed E-state index contributed by atoms with van der Waals surface area (Å²) in [5, 5.41) is 10.4. The second-order valence-corrected chi connectivity index (χ2v) is 5.05. The normalized spacial score (nSPS) is 18.2. The van der Waals surface area contributed by atoms with Crippen molar-refractivity contribution in [2.24, 2.45) is 5.92 Å². The van der Waals surface area contributed by atoms with E-state index in [2.05, 4.69) is 25.3 Å². The molecule has 3 N–H and O–H groups in total. The quantitative estimate of drug-likeness (QED) is 0.874. The minimum absolute atomic E-state index is 0.131. The second-order valence-electron chi connectivity index (χ2n) is 5.05. The van der Waals surface area contributed by atoms with E-state index in [4.69, 9.17) is 15.0 Å². The van der Waals surface area contributed by atoms with Gasteiger partial charge in [0, 0.05) is 7.11 Å². The van der Waals surface area contributed by atoms with Gasteiger partial charge in [-0.1, -0.05) is 24.4 Å². The number of nitrogen functional groups attached to an aromatic ring is 1. The Morgan fingerprint density at radius 3 is 2.75 bits per heavy atom. The van der Waals surface area contributed by atoms with Gasteiger partial charge < -0.3 is 15.0 Å². The Labute approximate surface area is 116 Å². The van der Waals surface area contributed by atoms with Crippen molar-refractivity contribution in [1.29, 1.82) is 0 Å². The maximum atomic E-state index is 5.57. The third kappa shape index (κ3) is 2.51. The van der Waals surface area contributed by atoms with Gasteiger partial charge in [0.2, 0.25) is 17.6 Å². The van der Waals surface area contributed by atoms with Crippen LogP contribution in [-0.4, -0.2) is 32.4 Å². The molecule has 20 heavy (non-hydrogen) atoms. The van der Waals surface area contributed by atoms with Gasteiger partial charge in [0.05, 0.1) is 0 Å². The molecule has 1 atom stereocenters. The molecule has 0 aromatic carbocycles. The van der Waals surface area contributed by atoms with Crippen molar-refractivity contribution in [2.45, 2.75) is 38.2 Å². The van der Waals surface area contributed by atoms with Crippen LogP contribution in [0.15, 0.2) is 4.52 Å². The zero-order valence-corrected chi connectivity index (χ0v) is 11.4. The zero-order chi connectivity index (χ0) is 13.9. The summed E-state index contributed by atoms with van der Waals surface area (Å²) in [6, 6.07) is 0. The van der Waals surface area contributed by atoms with E-state index in [9.17, 15) is 0 Å². The van der Waals surface area contributed by atoms with E-state index in [1.807, 2.05) is 0 Å². The SMILES string of the molecule is COC(c1noc(-c2nc(N)n[nH]2)n1)C1CCCCC1. The molecule has 2 aromatic heterocycles. The van der Waals surface area contributed by atoms with Crippen molar-refractivity contribution < 1.29 is 9.26 Å². The van der Waals surface area contributed by atoms with Crippen LogP contribution in [-0.2, 0) is 4.74 Å². The van der Waals surface area contributed by atoms with Gasteiger partial charge in [0.1, 0.15) is 6.10 Å². The molecule has 0 bridgehead atoms. The van der Waals surface area contributed by atoms with E-state index < -0.39 is 0 Å². The minimum Gasteiger partial charge on any atom is -0.373 e. The van der Waals surface area contributed by atoms with E-state index >= 15 is 0 Å². The summed E-state index contributed by atoms with van der Waals surface area (Å²) in [6.45, 7) is 0. The Hall–Kier alpha value is -1.96. The van der Waals surface area contributed by atoms with Gasteiger partial charge in [-0.05, 0) is 18.8 Å². The fourth-order valence-corrected chi connectivity index (χ4v) is 2.76. The number of aromatic nitrogens is 5. The van der Waals surface area contributed by atoms with E-state index in [0.29, 0.717) is 17.6 Å². The Bertz CT molecular complexity index is 560. The number of methoxy groups -OCH3 is 1. The average Bonchev–Trinajstić information content (AvgIpc) is 3.10. The van der Waals surface area contributed by atoms with Crippen LogP contribution in [0.3, 0.4) is 0 Å². The van der Waals surface area contributed by atoms with Crippen LogP contribution >= 0.6 is 0 Å². The number of nitrogens with zero attached hydrogens (tertiary/aromatic N) is 4. The Kier molecular flexibility index (Phi) is 3.64. The van der Waals surface area contributed by atoms with Crippen molar-refractivity contribution in [3.8, 4) is 11.7 Å². The number of aromatic amines is 1. The van der Waals surface area contributed by atoms with Crippen LogP contribution in [0.4, 0.5) is 5.95 Å². The summed E-state index contributed by atoms with van der Waals surface area (Å²) < 4.78 is 10.8. The molecule has 0 amide bonds. The molecule has 1 fully saturated rings. The van der Waals surface area contributed by atoms with Crippen molar-refractivity contribution in [3.63, 3.8) is 0 Å². The molecule has 1 aliphatic rings. The van der Waals surface area contributed by atoms with Crippen LogP contribution in [0.1, 0.15) is 44.0 Å². The highest BCUT2D eigenvalue weighted by Crippen LogP contribution is 2.35. The predicted molar refractivity (Wildman–Crippen MR) is 70.4 cm³/mol. The number of anilines is 1. The molecular formula is C12H18N6O2. The maximum absolute atomic E-state index is 5.57. The number of H-pyrrole nitrogens is 1. The molecule has 1 unspecified atom stereocenters. The molecule has 0 aliphatic heterocycles. The highest BCUT2D eigenvalue weighted by molar-refractivity contribution is 5.41. The smallest absolute Gasteiger partial charge is 0.295 e. The highest BCUT2D eigenvalue weighted by atomic mass is 16.5. The summed E-state index contributed by atoms with van der Waals surface area (Å²) in [5.41, 5.74) is 5.46. The summed E-state index contributed by atoms with van der Waals surface area (Å²) in [6.07, 6.45) is 5.90. The summed E-state index contributed by atoms with van der Waals surface area (Å²) in [4.78, 5) is 8.31. The van der Waals surface area contributed by atoms with Crippen LogP contribution in [0.5, 0.6) is 0 Å². The van der Waals surface area contributed by atoms with Gasteiger partial charge in [-0.2, -0.15) is 9.97 Å². The average molecular weight is 278 g/mol. The van der Waals surface area contributed by atoms with Crippen molar-refractivity contribution in [1.82, 2.24) is 25.3 Å². The monoisotopic (exact) mass is 278 g/mol. The third-order valence-corrected chi connectivity index (χ3v) is 3.73. The van der Waals surface area contributed by atoms with E-state index in [1.54, 1.807) is 7.11 Å². The summed E-state index contributed by atoms with van der Waals surface area (Å²) >= 11 is 0. The molecule has 0 spiro atoms. The molecule has 2 aromatic rings. The summed E-state index contributed by atoms with van der Waals surface area (Å²) in [5.74, 6) is 1.81. The minimum atomic E-state index is -0.131. The molecule has 108 valence electrons. The second kappa shape index (κ2) is 5.58. The molecule has 1 aliphatic carbocycles. The van der Waals surface area contributed by atoms with E-state index in [1.165, 1.54) is 19.3 Å². The molecule has 1 saturated carbocycles. The Balaban J connectivity index is 1.80. The molecule has 8 heteroatoms. The van der Waals surface area contributed by atoms with Gasteiger partial charge in [-0.25, -0.2) is 0 Å². The third-order valence-electron chi connectivity index (χ3n) is 3.73. The first kappa shape index (κ1) is 13.0. The predicted octanol–water partition coefficient (Wildman–Crippen LogP) is 1.70. The lowest BCUT2D eigenvalue weighted by molar-refractivity contribution is 0.0274. The van der Waals surface area contributed by atoms with Gasteiger partial charge >= 0.3 is 0 Å². The standard InChI is InChI=1S/C12H18N6O2/c1-19-8(7-5-3-2-4-6-7)9-14-11(20-18-9)10-15-12(13)17-16-10/h7-8H,2-6H2,1H3,(H3,13,15,16,17). The van der Waals surface area contributed by atoms with Crippen LogP contribution in [0.25, 0.3) is 11.7 Å². The summed E-state index contributed by atoms with van der Waals surface area (Å²) in [7, 11) is 1.68. The first-order valence-corrected chi connectivity index (χ1v) is 6.82. The largest absolute Gasteiger partial charge is 0.373 e. The van der Waals surface area contributed by atoms with Crippen LogP contribution in [0, 0.1) is 5.92 Å². The van der Waals surface area contributed by atoms with Gasteiger partial charge in [0.15, 0.2) is 0 Å². The molecule has 8 nitrogen and oxygen atoms in total. The van der Waals surface area contributed by atoms with Crippen LogP contribution < -0.4 is 5.73 Å². The zero-order valence-electron chi connectivity index (χ0n) is 11.4. The number of nitrogens with one attached hydrogen (secondary N) is 1. The lowest BCUT2D eigenvalue weighted by Crippen LogP contribution is -2.19. The maximum Gasteiger partial charge on any atom is 0.295 e. The van der Waals surface area contributed by atoms with Crippen molar-refractivity contribution in [2.75, 3.05) is 12.8 Å².